The van der Waals surface area contributed by atoms with Crippen molar-refractivity contribution in [2.75, 3.05) is 0 Å². The molecule has 0 aromatic carbocycles. The molecule has 0 saturated heterocycles. The fourth-order valence-corrected chi connectivity index (χ4v) is 2.87. The van der Waals surface area contributed by atoms with Gasteiger partial charge in [-0.25, -0.2) is 4.68 Å². The van der Waals surface area contributed by atoms with Gasteiger partial charge in [0.25, 0.3) is 0 Å². The zero-order valence-corrected chi connectivity index (χ0v) is 21.0. The van der Waals surface area contributed by atoms with Crippen LogP contribution in [0, 0.1) is 13.8 Å². The van der Waals surface area contributed by atoms with Crippen LogP contribution in [0.25, 0.3) is 0 Å². The van der Waals surface area contributed by atoms with Gasteiger partial charge in [0.1, 0.15) is 5.78 Å². The number of ketones is 1. The Balaban J connectivity index is 0.000000455. The molecule has 32 heavy (non-hydrogen) atoms. The summed E-state index contributed by atoms with van der Waals surface area (Å²) in [6.45, 7) is 20.6. The van der Waals surface area contributed by atoms with E-state index in [2.05, 4.69) is 97.8 Å². The van der Waals surface area contributed by atoms with E-state index < -0.39 is 0 Å². The molecule has 3 aromatic heterocycles. The summed E-state index contributed by atoms with van der Waals surface area (Å²) in [6, 6.07) is 7.52. The van der Waals surface area contributed by atoms with E-state index in [1.54, 1.807) is 11.6 Å². The van der Waals surface area contributed by atoms with E-state index in [0.29, 0.717) is 18.5 Å². The normalized spacial score (nSPS) is 10.8. The minimum absolute atomic E-state index is 0. The molecule has 3 rings (SSSR count). The molecule has 0 radical (unpaired) electrons. The number of nitrogens with zero attached hydrogens (tertiary/aromatic N) is 5. The Morgan fingerprint density at radius 2 is 1.62 bits per heavy atom. The number of rotatable bonds is 4. The molecule has 180 valence electrons. The van der Waals surface area contributed by atoms with E-state index in [9.17, 15) is 4.79 Å². The van der Waals surface area contributed by atoms with Crippen molar-refractivity contribution in [2.24, 2.45) is 0 Å². The summed E-state index contributed by atoms with van der Waals surface area (Å²) in [5.74, 6) is 0.112. The fourth-order valence-electron chi connectivity index (χ4n) is 2.87. The molecule has 0 aliphatic heterocycles. The van der Waals surface area contributed by atoms with Gasteiger partial charge in [-0.15, -0.1) is 5.10 Å². The lowest BCUT2D eigenvalue weighted by Gasteiger charge is -2.17. The number of carbonyl (C=O) groups is 1. The molecule has 0 spiro atoms. The monoisotopic (exact) mass is 443 g/mol. The second-order valence-corrected chi connectivity index (χ2v) is 9.58. The van der Waals surface area contributed by atoms with Crippen molar-refractivity contribution >= 4 is 5.78 Å². The zero-order valence-electron chi connectivity index (χ0n) is 21.0. The van der Waals surface area contributed by atoms with Crippen LogP contribution in [0.5, 0.6) is 0 Å². The topological polar surface area (TPSA) is 57.6 Å². The van der Waals surface area contributed by atoms with Gasteiger partial charge in [-0.2, -0.15) is 0 Å². The first-order chi connectivity index (χ1) is 14.3. The number of aromatic nitrogens is 5. The highest BCUT2D eigenvalue weighted by Gasteiger charge is 2.15. The molecule has 0 bridgehead atoms. The Bertz CT molecular complexity index is 922. The van der Waals surface area contributed by atoms with Crippen LogP contribution in [0.2, 0.25) is 0 Å². The maximum atomic E-state index is 10.8. The van der Waals surface area contributed by atoms with Gasteiger partial charge in [0.15, 0.2) is 0 Å². The minimum Gasteiger partial charge on any atom is -0.352 e. The average Bonchev–Trinajstić information content (AvgIpc) is 3.36. The highest BCUT2D eigenvalue weighted by molar-refractivity contribution is 5.77. The van der Waals surface area contributed by atoms with Gasteiger partial charge in [-0.3, -0.25) is 4.79 Å². The van der Waals surface area contributed by atoms with Crippen molar-refractivity contribution in [2.45, 2.75) is 101 Å². The standard InChI is InChI=1S/C9H15N3O.2C8H13N.CH4/c1-7(13)5-8-6-12(11-10-8)9(2,3)4;1-7(2)9-5-4-8(3)6-9;1-7(2)9-6-4-5-8(9)3;/h6H,5H2,1-4H3;2*4-7H,1-3H3;1H4. The molecule has 0 aliphatic rings. The van der Waals surface area contributed by atoms with Crippen molar-refractivity contribution in [3.63, 3.8) is 0 Å². The molecule has 0 saturated carbocycles. The largest absolute Gasteiger partial charge is 0.352 e. The highest BCUT2D eigenvalue weighted by atomic mass is 16.1. The lowest BCUT2D eigenvalue weighted by molar-refractivity contribution is -0.116. The van der Waals surface area contributed by atoms with Gasteiger partial charge >= 0.3 is 0 Å². The van der Waals surface area contributed by atoms with Crippen LogP contribution in [0.1, 0.15) is 91.9 Å². The second-order valence-electron chi connectivity index (χ2n) is 9.58. The van der Waals surface area contributed by atoms with Crippen LogP contribution in [0.15, 0.2) is 43.0 Å². The lowest BCUT2D eigenvalue weighted by atomic mass is 10.1. The molecule has 0 fully saturated rings. The third-order valence-electron chi connectivity index (χ3n) is 4.66. The molecule has 3 aromatic rings. The lowest BCUT2D eigenvalue weighted by Crippen LogP contribution is -2.22. The fraction of sp³-hybridized carbons (Fsp3) is 0.577. The molecule has 0 N–H and O–H groups in total. The van der Waals surface area contributed by atoms with Gasteiger partial charge in [-0.05, 0) is 93.0 Å². The van der Waals surface area contributed by atoms with Gasteiger partial charge in [-0.1, -0.05) is 12.6 Å². The molecular formula is C26H45N5O. The predicted molar refractivity (Wildman–Crippen MR) is 135 cm³/mol. The van der Waals surface area contributed by atoms with E-state index in [1.165, 1.54) is 11.3 Å². The summed E-state index contributed by atoms with van der Waals surface area (Å²) >= 11 is 0. The van der Waals surface area contributed by atoms with E-state index in [0.717, 1.165) is 5.69 Å². The summed E-state index contributed by atoms with van der Waals surface area (Å²) in [6.07, 6.45) is 8.57. The van der Waals surface area contributed by atoms with E-state index in [4.69, 9.17) is 0 Å². The van der Waals surface area contributed by atoms with Gasteiger partial charge < -0.3 is 9.13 Å². The molecule has 0 atom stereocenters. The summed E-state index contributed by atoms with van der Waals surface area (Å²) in [4.78, 5) is 10.8. The number of carbonyl (C=O) groups excluding carboxylic acids is 1. The molecule has 3 heterocycles. The van der Waals surface area contributed by atoms with Crippen molar-refractivity contribution in [1.82, 2.24) is 24.1 Å². The molecular weight excluding hydrogens is 398 g/mol. The third kappa shape index (κ3) is 10.1. The van der Waals surface area contributed by atoms with Gasteiger partial charge in [0.2, 0.25) is 0 Å². The maximum absolute atomic E-state index is 10.8. The summed E-state index contributed by atoms with van der Waals surface area (Å²) < 4.78 is 6.22. The number of Topliss-reactive ketones (excluding diaryl/α,β-unsaturated/α-hetero) is 1. The number of hydrogen-bond acceptors (Lipinski definition) is 3. The second kappa shape index (κ2) is 13.0. The van der Waals surface area contributed by atoms with E-state index in [-0.39, 0.29) is 18.7 Å². The quantitative estimate of drug-likeness (QED) is 0.459. The molecule has 0 aliphatic carbocycles. The molecule has 6 nitrogen and oxygen atoms in total. The third-order valence-corrected chi connectivity index (χ3v) is 4.66. The summed E-state index contributed by atoms with van der Waals surface area (Å²) in [5, 5.41) is 7.87. The van der Waals surface area contributed by atoms with Crippen molar-refractivity contribution in [3.05, 3.63) is 59.9 Å². The first-order valence-corrected chi connectivity index (χ1v) is 11.0. The summed E-state index contributed by atoms with van der Waals surface area (Å²) in [5.41, 5.74) is 3.35. The molecule has 0 unspecified atom stereocenters. The van der Waals surface area contributed by atoms with Crippen molar-refractivity contribution < 1.29 is 4.79 Å². The van der Waals surface area contributed by atoms with E-state index >= 15 is 0 Å². The minimum atomic E-state index is -0.0674. The number of aryl methyl sites for hydroxylation is 2. The van der Waals surface area contributed by atoms with Crippen LogP contribution in [-0.4, -0.2) is 29.9 Å². The Morgan fingerprint density at radius 1 is 1.00 bits per heavy atom. The average molecular weight is 444 g/mol. The van der Waals surface area contributed by atoms with Crippen molar-refractivity contribution in [1.29, 1.82) is 0 Å². The van der Waals surface area contributed by atoms with Crippen molar-refractivity contribution in [3.8, 4) is 0 Å². The van der Waals surface area contributed by atoms with Crippen LogP contribution in [0.4, 0.5) is 0 Å². The Morgan fingerprint density at radius 3 is 1.91 bits per heavy atom. The smallest absolute Gasteiger partial charge is 0.135 e. The maximum Gasteiger partial charge on any atom is 0.135 e. The molecule has 6 heteroatoms. The van der Waals surface area contributed by atoms with Crippen LogP contribution in [-0.2, 0) is 16.8 Å². The van der Waals surface area contributed by atoms with E-state index in [1.807, 2.05) is 27.0 Å². The Kier molecular flexibility index (Phi) is 12.0. The SMILES string of the molecule is C.CC(=O)Cc1cn(C(C)(C)C)nn1.Cc1cccn1C(C)C.Cc1ccn(C(C)C)c1. The Labute approximate surface area is 195 Å². The first-order valence-electron chi connectivity index (χ1n) is 11.0. The Hall–Kier alpha value is -2.63. The first kappa shape index (κ1) is 29.4. The summed E-state index contributed by atoms with van der Waals surface area (Å²) in [7, 11) is 0. The zero-order chi connectivity index (χ0) is 23.8. The molecule has 0 amide bonds. The van der Waals surface area contributed by atoms with Crippen LogP contribution in [0.3, 0.4) is 0 Å². The highest BCUT2D eigenvalue weighted by Crippen LogP contribution is 2.12. The van der Waals surface area contributed by atoms with Crippen LogP contribution < -0.4 is 0 Å². The van der Waals surface area contributed by atoms with Crippen LogP contribution >= 0.6 is 0 Å². The van der Waals surface area contributed by atoms with Gasteiger partial charge in [0.05, 0.1) is 17.7 Å². The predicted octanol–water partition coefficient (Wildman–Crippen LogP) is 6.56. The van der Waals surface area contributed by atoms with Gasteiger partial charge in [0, 0.05) is 42.6 Å². The number of hydrogen-bond donors (Lipinski definition) is 0.